The van der Waals surface area contributed by atoms with Crippen LogP contribution in [0.1, 0.15) is 19.5 Å². The Bertz CT molecular complexity index is 557. The molecular formula is C10H11N3O3S. The van der Waals surface area contributed by atoms with Crippen LogP contribution >= 0.6 is 0 Å². The first-order valence-corrected chi connectivity index (χ1v) is 6.24. The van der Waals surface area contributed by atoms with Crippen molar-refractivity contribution in [3.8, 4) is 6.07 Å². The number of sulfonamides is 1. The second-order valence-electron chi connectivity index (χ2n) is 3.44. The molecule has 0 aliphatic carbocycles. The van der Waals surface area contributed by atoms with Crippen LogP contribution in [0.5, 0.6) is 0 Å². The summed E-state index contributed by atoms with van der Waals surface area (Å²) in [6, 6.07) is 3.55. The molecule has 0 amide bonds. The van der Waals surface area contributed by atoms with Crippen molar-refractivity contribution < 1.29 is 13.2 Å². The van der Waals surface area contributed by atoms with Crippen LogP contribution < -0.4 is 4.72 Å². The van der Waals surface area contributed by atoms with Gasteiger partial charge in [0.25, 0.3) is 0 Å². The van der Waals surface area contributed by atoms with Crippen molar-refractivity contribution in [2.24, 2.45) is 0 Å². The minimum Gasteiger partial charge on any atom is -0.298 e. The molecule has 0 aliphatic rings. The lowest BCUT2D eigenvalue weighted by Gasteiger charge is -2.10. The molecule has 0 fully saturated rings. The number of aromatic nitrogens is 1. The van der Waals surface area contributed by atoms with Gasteiger partial charge in [-0.15, -0.1) is 0 Å². The molecule has 0 bridgehead atoms. The van der Waals surface area contributed by atoms with Crippen LogP contribution in [0, 0.1) is 11.3 Å². The van der Waals surface area contributed by atoms with E-state index >= 15 is 0 Å². The molecule has 0 saturated carbocycles. The first kappa shape index (κ1) is 13.3. The Morgan fingerprint density at radius 1 is 1.53 bits per heavy atom. The third-order valence-corrected chi connectivity index (χ3v) is 3.63. The number of pyridine rings is 1. The standard InChI is InChI=1S/C10H11N3O3S/c1-7(8(2)14)13-17(15,16)10-4-3-9(5-11)12-6-10/h3-4,6-7,13H,1-2H3. The number of hydrogen-bond donors (Lipinski definition) is 1. The average Bonchev–Trinajstić information content (AvgIpc) is 2.28. The third-order valence-electron chi connectivity index (χ3n) is 2.10. The topological polar surface area (TPSA) is 99.9 Å². The largest absolute Gasteiger partial charge is 0.298 e. The first-order valence-electron chi connectivity index (χ1n) is 4.76. The second-order valence-corrected chi connectivity index (χ2v) is 5.16. The van der Waals surface area contributed by atoms with Gasteiger partial charge in [-0.25, -0.2) is 18.1 Å². The first-order chi connectivity index (χ1) is 7.86. The lowest BCUT2D eigenvalue weighted by atomic mass is 10.3. The monoisotopic (exact) mass is 253 g/mol. The maximum Gasteiger partial charge on any atom is 0.242 e. The molecule has 0 saturated heterocycles. The molecule has 90 valence electrons. The van der Waals surface area contributed by atoms with Gasteiger partial charge in [0.2, 0.25) is 10.0 Å². The number of Topliss-reactive ketones (excluding diaryl/α,β-unsaturated/α-hetero) is 1. The van der Waals surface area contributed by atoms with Crippen molar-refractivity contribution in [2.45, 2.75) is 24.8 Å². The molecule has 17 heavy (non-hydrogen) atoms. The van der Waals surface area contributed by atoms with E-state index in [2.05, 4.69) is 9.71 Å². The molecule has 0 aromatic carbocycles. The van der Waals surface area contributed by atoms with Gasteiger partial charge >= 0.3 is 0 Å². The molecule has 1 N–H and O–H groups in total. The normalized spacial score (nSPS) is 12.8. The van der Waals surface area contributed by atoms with Crippen molar-refractivity contribution in [1.82, 2.24) is 9.71 Å². The van der Waals surface area contributed by atoms with Gasteiger partial charge in [-0.1, -0.05) is 0 Å². The molecule has 1 unspecified atom stereocenters. The molecule has 7 heteroatoms. The van der Waals surface area contributed by atoms with E-state index in [9.17, 15) is 13.2 Å². The summed E-state index contributed by atoms with van der Waals surface area (Å²) in [4.78, 5) is 14.5. The summed E-state index contributed by atoms with van der Waals surface area (Å²) >= 11 is 0. The fourth-order valence-corrected chi connectivity index (χ4v) is 2.20. The Labute approximate surface area is 99.3 Å². The van der Waals surface area contributed by atoms with Gasteiger partial charge in [0.1, 0.15) is 22.4 Å². The number of nitriles is 1. The van der Waals surface area contributed by atoms with E-state index in [1.807, 2.05) is 0 Å². The third kappa shape index (κ3) is 3.34. The Hall–Kier alpha value is -1.78. The number of hydrogen-bond acceptors (Lipinski definition) is 5. The van der Waals surface area contributed by atoms with Crippen molar-refractivity contribution in [2.75, 3.05) is 0 Å². The molecule has 1 rings (SSSR count). The maximum absolute atomic E-state index is 11.8. The van der Waals surface area contributed by atoms with E-state index in [1.54, 1.807) is 6.07 Å². The SMILES string of the molecule is CC(=O)C(C)NS(=O)(=O)c1ccc(C#N)nc1. The fourth-order valence-electron chi connectivity index (χ4n) is 0.989. The summed E-state index contributed by atoms with van der Waals surface area (Å²) in [6.45, 7) is 2.75. The second kappa shape index (κ2) is 5.03. The Kier molecular flexibility index (Phi) is 3.93. The van der Waals surface area contributed by atoms with E-state index in [4.69, 9.17) is 5.26 Å². The van der Waals surface area contributed by atoms with Crippen LogP contribution in [0.4, 0.5) is 0 Å². The smallest absolute Gasteiger partial charge is 0.242 e. The minimum atomic E-state index is -3.77. The van der Waals surface area contributed by atoms with Gasteiger partial charge in [0, 0.05) is 6.20 Å². The highest BCUT2D eigenvalue weighted by atomic mass is 32.2. The predicted octanol–water partition coefficient (Wildman–Crippen LogP) is 0.209. The zero-order chi connectivity index (χ0) is 13.1. The molecule has 0 spiro atoms. The summed E-state index contributed by atoms with van der Waals surface area (Å²) in [5.74, 6) is -0.282. The van der Waals surface area contributed by atoms with Gasteiger partial charge in [0.05, 0.1) is 6.04 Å². The number of carbonyl (C=O) groups excluding carboxylic acids is 1. The number of ketones is 1. The molecular weight excluding hydrogens is 242 g/mol. The number of carbonyl (C=O) groups is 1. The highest BCUT2D eigenvalue weighted by molar-refractivity contribution is 7.89. The van der Waals surface area contributed by atoms with Crippen LogP contribution in [0.25, 0.3) is 0 Å². The lowest BCUT2D eigenvalue weighted by molar-refractivity contribution is -0.118. The highest BCUT2D eigenvalue weighted by Crippen LogP contribution is 2.08. The predicted molar refractivity (Wildman–Crippen MR) is 59.4 cm³/mol. The van der Waals surface area contributed by atoms with Crippen LogP contribution in [-0.2, 0) is 14.8 Å². The zero-order valence-corrected chi connectivity index (χ0v) is 10.2. The molecule has 0 aliphatic heterocycles. The number of nitrogens with one attached hydrogen (secondary N) is 1. The fraction of sp³-hybridized carbons (Fsp3) is 0.300. The van der Waals surface area contributed by atoms with Crippen molar-refractivity contribution in [1.29, 1.82) is 5.26 Å². The van der Waals surface area contributed by atoms with E-state index in [-0.39, 0.29) is 16.4 Å². The van der Waals surface area contributed by atoms with Crippen LogP contribution in [0.2, 0.25) is 0 Å². The quantitative estimate of drug-likeness (QED) is 0.826. The van der Waals surface area contributed by atoms with E-state index in [0.29, 0.717) is 0 Å². The van der Waals surface area contributed by atoms with E-state index in [1.165, 1.54) is 26.0 Å². The number of rotatable bonds is 4. The number of nitrogens with zero attached hydrogens (tertiary/aromatic N) is 2. The Morgan fingerprint density at radius 3 is 2.59 bits per heavy atom. The van der Waals surface area contributed by atoms with Crippen molar-refractivity contribution in [3.63, 3.8) is 0 Å². The van der Waals surface area contributed by atoms with Crippen LogP contribution in [0.15, 0.2) is 23.2 Å². The molecule has 6 nitrogen and oxygen atoms in total. The Morgan fingerprint density at radius 2 is 2.18 bits per heavy atom. The van der Waals surface area contributed by atoms with Crippen LogP contribution in [-0.4, -0.2) is 25.2 Å². The molecule has 0 radical (unpaired) electrons. The van der Waals surface area contributed by atoms with E-state index < -0.39 is 16.1 Å². The highest BCUT2D eigenvalue weighted by Gasteiger charge is 2.19. The molecule has 1 atom stereocenters. The van der Waals surface area contributed by atoms with Crippen LogP contribution in [0.3, 0.4) is 0 Å². The van der Waals surface area contributed by atoms with E-state index in [0.717, 1.165) is 6.20 Å². The summed E-state index contributed by atoms with van der Waals surface area (Å²) in [5, 5.41) is 8.53. The summed E-state index contributed by atoms with van der Waals surface area (Å²) in [5.41, 5.74) is 0.128. The summed E-state index contributed by atoms with van der Waals surface area (Å²) in [7, 11) is -3.77. The lowest BCUT2D eigenvalue weighted by Crippen LogP contribution is -2.37. The van der Waals surface area contributed by atoms with Gasteiger partial charge < -0.3 is 0 Å². The summed E-state index contributed by atoms with van der Waals surface area (Å²) in [6.07, 6.45) is 1.08. The van der Waals surface area contributed by atoms with Gasteiger partial charge in [-0.05, 0) is 26.0 Å². The zero-order valence-electron chi connectivity index (χ0n) is 9.34. The van der Waals surface area contributed by atoms with Crippen molar-refractivity contribution in [3.05, 3.63) is 24.0 Å². The average molecular weight is 253 g/mol. The summed E-state index contributed by atoms with van der Waals surface area (Å²) < 4.78 is 25.7. The van der Waals surface area contributed by atoms with Gasteiger partial charge in [0.15, 0.2) is 0 Å². The van der Waals surface area contributed by atoms with Gasteiger partial charge in [-0.2, -0.15) is 5.26 Å². The van der Waals surface area contributed by atoms with Gasteiger partial charge in [-0.3, -0.25) is 4.79 Å². The molecule has 1 aromatic heterocycles. The molecule has 1 aromatic rings. The minimum absolute atomic E-state index is 0.0791. The maximum atomic E-state index is 11.8. The Balaban J connectivity index is 2.98. The molecule has 1 heterocycles. The van der Waals surface area contributed by atoms with Crippen molar-refractivity contribution >= 4 is 15.8 Å².